The Morgan fingerprint density at radius 2 is 1.77 bits per heavy atom. The van der Waals surface area contributed by atoms with Crippen LogP contribution < -0.4 is 4.74 Å². The molecule has 0 fully saturated rings. The molecule has 0 aliphatic rings. The summed E-state index contributed by atoms with van der Waals surface area (Å²) in [6.45, 7) is 6.13. The largest absolute Gasteiger partial charge is 0.490 e. The van der Waals surface area contributed by atoms with Crippen LogP contribution in [0.25, 0.3) is 22.9 Å². The van der Waals surface area contributed by atoms with E-state index >= 15 is 0 Å². The SMILES string of the molecule is C=CCOc1cccc(-c2nnc(-c3ccc(C)cc3)o2)c1. The Kier molecular flexibility index (Phi) is 4.01. The number of hydrogen-bond donors (Lipinski definition) is 0. The second kappa shape index (κ2) is 6.26. The van der Waals surface area contributed by atoms with Crippen LogP contribution in [-0.2, 0) is 0 Å². The lowest BCUT2D eigenvalue weighted by atomic mass is 10.1. The van der Waals surface area contributed by atoms with Crippen molar-refractivity contribution in [3.8, 4) is 28.7 Å². The van der Waals surface area contributed by atoms with Crippen molar-refractivity contribution < 1.29 is 9.15 Å². The van der Waals surface area contributed by atoms with Crippen LogP contribution in [0.3, 0.4) is 0 Å². The van der Waals surface area contributed by atoms with Crippen LogP contribution in [-0.4, -0.2) is 16.8 Å². The van der Waals surface area contributed by atoms with Crippen molar-refractivity contribution >= 4 is 0 Å². The molecule has 1 heterocycles. The number of rotatable bonds is 5. The molecule has 22 heavy (non-hydrogen) atoms. The third-order valence-corrected chi connectivity index (χ3v) is 3.17. The van der Waals surface area contributed by atoms with Gasteiger partial charge in [-0.1, -0.05) is 36.4 Å². The number of benzene rings is 2. The second-order valence-electron chi connectivity index (χ2n) is 4.91. The molecule has 0 saturated carbocycles. The van der Waals surface area contributed by atoms with Gasteiger partial charge in [0.05, 0.1) is 0 Å². The minimum Gasteiger partial charge on any atom is -0.490 e. The fourth-order valence-electron chi connectivity index (χ4n) is 2.03. The lowest BCUT2D eigenvalue weighted by Gasteiger charge is -2.03. The standard InChI is InChI=1S/C18H16N2O2/c1-3-11-21-16-6-4-5-15(12-16)18-20-19-17(22-18)14-9-7-13(2)8-10-14/h3-10,12H,1,11H2,2H3. The summed E-state index contributed by atoms with van der Waals surface area (Å²) < 4.78 is 11.3. The lowest BCUT2D eigenvalue weighted by molar-refractivity contribution is 0.363. The average molecular weight is 292 g/mol. The van der Waals surface area contributed by atoms with E-state index in [-0.39, 0.29) is 0 Å². The molecule has 0 N–H and O–H groups in total. The second-order valence-corrected chi connectivity index (χ2v) is 4.91. The van der Waals surface area contributed by atoms with Gasteiger partial charge in [-0.2, -0.15) is 0 Å². The molecule has 3 rings (SSSR count). The maximum absolute atomic E-state index is 5.76. The maximum Gasteiger partial charge on any atom is 0.248 e. The highest BCUT2D eigenvalue weighted by atomic mass is 16.5. The molecule has 0 bridgehead atoms. The highest BCUT2D eigenvalue weighted by Crippen LogP contribution is 2.26. The molecule has 110 valence electrons. The Morgan fingerprint density at radius 3 is 2.50 bits per heavy atom. The first-order valence-corrected chi connectivity index (χ1v) is 7.01. The van der Waals surface area contributed by atoms with Gasteiger partial charge in [0, 0.05) is 11.1 Å². The number of aromatic nitrogens is 2. The number of aryl methyl sites for hydroxylation is 1. The molecule has 3 aromatic rings. The zero-order valence-corrected chi connectivity index (χ0v) is 12.3. The van der Waals surface area contributed by atoms with Crippen molar-refractivity contribution in [2.24, 2.45) is 0 Å². The molecule has 0 spiro atoms. The van der Waals surface area contributed by atoms with Gasteiger partial charge in [0.25, 0.3) is 0 Å². The fourth-order valence-corrected chi connectivity index (χ4v) is 2.03. The van der Waals surface area contributed by atoms with Crippen molar-refractivity contribution in [2.75, 3.05) is 6.61 Å². The molecular weight excluding hydrogens is 276 g/mol. The fraction of sp³-hybridized carbons (Fsp3) is 0.111. The first-order valence-electron chi connectivity index (χ1n) is 7.01. The van der Waals surface area contributed by atoms with Crippen molar-refractivity contribution in [3.63, 3.8) is 0 Å². The van der Waals surface area contributed by atoms with Crippen LogP contribution >= 0.6 is 0 Å². The summed E-state index contributed by atoms with van der Waals surface area (Å²) in [7, 11) is 0. The Hall–Kier alpha value is -2.88. The van der Waals surface area contributed by atoms with Crippen LogP contribution in [0.2, 0.25) is 0 Å². The Bertz CT molecular complexity index is 776. The zero-order chi connectivity index (χ0) is 15.4. The monoisotopic (exact) mass is 292 g/mol. The quantitative estimate of drug-likeness (QED) is 0.659. The summed E-state index contributed by atoms with van der Waals surface area (Å²) in [5.74, 6) is 1.72. The third-order valence-electron chi connectivity index (χ3n) is 3.17. The molecule has 4 heteroatoms. The normalized spacial score (nSPS) is 10.4. The van der Waals surface area contributed by atoms with E-state index < -0.39 is 0 Å². The van der Waals surface area contributed by atoms with Gasteiger partial charge >= 0.3 is 0 Å². The zero-order valence-electron chi connectivity index (χ0n) is 12.3. The van der Waals surface area contributed by atoms with E-state index in [4.69, 9.17) is 9.15 Å². The molecular formula is C18H16N2O2. The molecule has 2 aromatic carbocycles. The molecule has 0 saturated heterocycles. The molecule has 4 nitrogen and oxygen atoms in total. The van der Waals surface area contributed by atoms with E-state index in [1.165, 1.54) is 5.56 Å². The smallest absolute Gasteiger partial charge is 0.248 e. The summed E-state index contributed by atoms with van der Waals surface area (Å²) in [6, 6.07) is 15.5. The number of nitrogens with zero attached hydrogens (tertiary/aromatic N) is 2. The summed E-state index contributed by atoms with van der Waals surface area (Å²) in [4.78, 5) is 0. The first kappa shape index (κ1) is 14.1. The molecule has 1 aromatic heterocycles. The first-order chi connectivity index (χ1) is 10.8. The van der Waals surface area contributed by atoms with Crippen LogP contribution in [0.5, 0.6) is 5.75 Å². The summed E-state index contributed by atoms with van der Waals surface area (Å²) >= 11 is 0. The third kappa shape index (κ3) is 3.06. The van der Waals surface area contributed by atoms with Gasteiger partial charge in [-0.25, -0.2) is 0 Å². The van der Waals surface area contributed by atoms with Crippen LogP contribution in [0.1, 0.15) is 5.56 Å². The predicted molar refractivity (Wildman–Crippen MR) is 85.6 cm³/mol. The van der Waals surface area contributed by atoms with Gasteiger partial charge < -0.3 is 9.15 Å². The minimum atomic E-state index is 0.460. The van der Waals surface area contributed by atoms with Gasteiger partial charge in [0.15, 0.2) is 0 Å². The maximum atomic E-state index is 5.76. The Labute approximate surface area is 129 Å². The summed E-state index contributed by atoms with van der Waals surface area (Å²) in [6.07, 6.45) is 1.70. The number of ether oxygens (including phenoxy) is 1. The van der Waals surface area contributed by atoms with Crippen molar-refractivity contribution in [2.45, 2.75) is 6.92 Å². The van der Waals surface area contributed by atoms with Gasteiger partial charge in [0.2, 0.25) is 11.8 Å². The average Bonchev–Trinajstić information content (AvgIpc) is 3.04. The van der Waals surface area contributed by atoms with E-state index in [1.807, 2.05) is 55.5 Å². The van der Waals surface area contributed by atoms with Gasteiger partial charge in [0.1, 0.15) is 12.4 Å². The Balaban J connectivity index is 1.87. The van der Waals surface area contributed by atoms with E-state index in [0.717, 1.165) is 16.9 Å². The van der Waals surface area contributed by atoms with Crippen LogP contribution in [0.15, 0.2) is 65.6 Å². The van der Waals surface area contributed by atoms with Crippen molar-refractivity contribution in [1.82, 2.24) is 10.2 Å². The minimum absolute atomic E-state index is 0.460. The highest BCUT2D eigenvalue weighted by molar-refractivity contribution is 5.59. The van der Waals surface area contributed by atoms with Crippen LogP contribution in [0, 0.1) is 6.92 Å². The topological polar surface area (TPSA) is 48.2 Å². The van der Waals surface area contributed by atoms with Crippen LogP contribution in [0.4, 0.5) is 0 Å². The van der Waals surface area contributed by atoms with Crippen molar-refractivity contribution in [3.05, 3.63) is 66.7 Å². The molecule has 0 aliphatic heterocycles. The predicted octanol–water partition coefficient (Wildman–Crippen LogP) is 4.28. The van der Waals surface area contributed by atoms with Gasteiger partial charge in [-0.15, -0.1) is 10.2 Å². The molecule has 0 radical (unpaired) electrons. The molecule has 0 aliphatic carbocycles. The molecule has 0 atom stereocenters. The van der Waals surface area contributed by atoms with E-state index in [0.29, 0.717) is 18.4 Å². The van der Waals surface area contributed by atoms with E-state index in [1.54, 1.807) is 6.08 Å². The van der Waals surface area contributed by atoms with E-state index in [9.17, 15) is 0 Å². The molecule has 0 unspecified atom stereocenters. The summed E-state index contributed by atoms with van der Waals surface area (Å²) in [5.41, 5.74) is 2.92. The number of hydrogen-bond acceptors (Lipinski definition) is 4. The van der Waals surface area contributed by atoms with Gasteiger partial charge in [-0.05, 0) is 37.3 Å². The lowest BCUT2D eigenvalue weighted by Crippen LogP contribution is -1.92. The Morgan fingerprint density at radius 1 is 1.05 bits per heavy atom. The van der Waals surface area contributed by atoms with E-state index in [2.05, 4.69) is 16.8 Å². The van der Waals surface area contributed by atoms with Gasteiger partial charge in [-0.3, -0.25) is 0 Å². The molecule has 0 amide bonds. The highest BCUT2D eigenvalue weighted by Gasteiger charge is 2.11. The van der Waals surface area contributed by atoms with Crippen molar-refractivity contribution in [1.29, 1.82) is 0 Å². The summed E-state index contributed by atoms with van der Waals surface area (Å²) in [5, 5.41) is 8.22.